The number of carbonyl (C=O) groups is 2. The van der Waals surface area contributed by atoms with Gasteiger partial charge >= 0.3 is 5.82 Å². The van der Waals surface area contributed by atoms with E-state index in [1.165, 1.54) is 6.20 Å². The number of benzene rings is 1. The van der Waals surface area contributed by atoms with E-state index in [-0.39, 0.29) is 24.1 Å². The molecule has 1 aliphatic rings. The maximum atomic E-state index is 12.5. The number of piperazine rings is 1. The molecule has 1 fully saturated rings. The molecule has 10 nitrogen and oxygen atoms in total. The third-order valence-electron chi connectivity index (χ3n) is 5.49. The summed E-state index contributed by atoms with van der Waals surface area (Å²) in [5.74, 6) is 1.14. The molecule has 10 heteroatoms. The van der Waals surface area contributed by atoms with Crippen LogP contribution in [-0.4, -0.2) is 69.4 Å². The van der Waals surface area contributed by atoms with Gasteiger partial charge in [-0.2, -0.15) is 0 Å². The fraction of sp³-hybridized carbons (Fsp3) is 0.476. The van der Waals surface area contributed by atoms with E-state index in [0.717, 1.165) is 11.3 Å². The topological polar surface area (TPSA) is 111 Å². The first-order valence-corrected chi connectivity index (χ1v) is 10.2. The minimum absolute atomic E-state index is 0.0268. The van der Waals surface area contributed by atoms with Crippen molar-refractivity contribution in [3.63, 3.8) is 0 Å². The highest BCUT2D eigenvalue weighted by atomic mass is 16.6. The molecular weight excluding hydrogens is 402 g/mol. The van der Waals surface area contributed by atoms with Crippen molar-refractivity contribution in [2.45, 2.75) is 32.7 Å². The summed E-state index contributed by atoms with van der Waals surface area (Å²) >= 11 is 0. The number of ether oxygens (including phenoxy) is 1. The molecule has 0 spiro atoms. The number of hydrogen-bond donors (Lipinski definition) is 0. The third kappa shape index (κ3) is 5.80. The van der Waals surface area contributed by atoms with Gasteiger partial charge in [0, 0.05) is 52.5 Å². The smallest absolute Gasteiger partial charge is 0.381 e. The van der Waals surface area contributed by atoms with E-state index < -0.39 is 4.92 Å². The number of nitrogens with zero attached hydrogens (tertiary/aromatic N) is 5. The van der Waals surface area contributed by atoms with Crippen molar-refractivity contribution in [1.82, 2.24) is 19.4 Å². The largest absolute Gasteiger partial charge is 0.497 e. The molecule has 0 unspecified atom stereocenters. The number of aryl methyl sites for hydroxylation is 3. The molecule has 0 bridgehead atoms. The Morgan fingerprint density at radius 2 is 1.65 bits per heavy atom. The third-order valence-corrected chi connectivity index (χ3v) is 5.49. The van der Waals surface area contributed by atoms with Crippen molar-refractivity contribution in [3.05, 3.63) is 52.0 Å². The Balaban J connectivity index is 1.41. The van der Waals surface area contributed by atoms with Crippen LogP contribution >= 0.6 is 0 Å². The molecule has 0 radical (unpaired) electrons. The standard InChI is InChI=1S/C21H27N5O5/c1-16-22-19(26(29)30)15-25(16)10-9-21(28)24-13-11-23(12-14-24)20(27)8-5-17-3-6-18(31-2)7-4-17/h3-4,6-7,15H,5,8-14H2,1-2H3. The van der Waals surface area contributed by atoms with E-state index in [2.05, 4.69) is 4.98 Å². The molecule has 166 valence electrons. The summed E-state index contributed by atoms with van der Waals surface area (Å²) in [7, 11) is 1.62. The average molecular weight is 429 g/mol. The second-order valence-corrected chi connectivity index (χ2v) is 7.46. The number of imidazole rings is 1. The van der Waals surface area contributed by atoms with E-state index in [1.807, 2.05) is 24.3 Å². The first-order valence-electron chi connectivity index (χ1n) is 10.2. The molecule has 0 aliphatic carbocycles. The van der Waals surface area contributed by atoms with E-state index in [9.17, 15) is 19.7 Å². The van der Waals surface area contributed by atoms with Crippen LogP contribution in [0.1, 0.15) is 24.2 Å². The van der Waals surface area contributed by atoms with Gasteiger partial charge in [0.2, 0.25) is 17.6 Å². The van der Waals surface area contributed by atoms with Crippen LogP contribution in [-0.2, 0) is 22.6 Å². The van der Waals surface area contributed by atoms with Crippen LogP contribution in [0.4, 0.5) is 5.82 Å². The summed E-state index contributed by atoms with van der Waals surface area (Å²) < 4.78 is 6.76. The Labute approximate surface area is 180 Å². The molecular formula is C21H27N5O5. The molecule has 31 heavy (non-hydrogen) atoms. The predicted octanol–water partition coefficient (Wildman–Crippen LogP) is 1.80. The fourth-order valence-electron chi connectivity index (χ4n) is 3.59. The minimum atomic E-state index is -0.545. The summed E-state index contributed by atoms with van der Waals surface area (Å²) in [6.07, 6.45) is 2.68. The zero-order valence-corrected chi connectivity index (χ0v) is 17.8. The van der Waals surface area contributed by atoms with Gasteiger partial charge in [-0.15, -0.1) is 0 Å². The van der Waals surface area contributed by atoms with Crippen LogP contribution < -0.4 is 4.74 Å². The van der Waals surface area contributed by atoms with Crippen molar-refractivity contribution in [2.24, 2.45) is 0 Å². The monoisotopic (exact) mass is 429 g/mol. The van der Waals surface area contributed by atoms with Crippen LogP contribution in [0.2, 0.25) is 0 Å². The van der Waals surface area contributed by atoms with E-state index in [4.69, 9.17) is 4.74 Å². The van der Waals surface area contributed by atoms with Crippen molar-refractivity contribution >= 4 is 17.6 Å². The maximum absolute atomic E-state index is 12.5. The molecule has 2 heterocycles. The predicted molar refractivity (Wildman–Crippen MR) is 113 cm³/mol. The second-order valence-electron chi connectivity index (χ2n) is 7.46. The number of amides is 2. The van der Waals surface area contributed by atoms with Crippen LogP contribution in [0, 0.1) is 17.0 Å². The lowest BCUT2D eigenvalue weighted by Crippen LogP contribution is -2.50. The lowest BCUT2D eigenvalue weighted by Gasteiger charge is -2.35. The molecule has 1 aliphatic heterocycles. The van der Waals surface area contributed by atoms with Gasteiger partial charge in [0.15, 0.2) is 0 Å². The number of aromatic nitrogens is 2. The Hall–Kier alpha value is -3.43. The lowest BCUT2D eigenvalue weighted by molar-refractivity contribution is -0.389. The van der Waals surface area contributed by atoms with Gasteiger partial charge in [-0.1, -0.05) is 12.1 Å². The Kier molecular flexibility index (Phi) is 7.22. The van der Waals surface area contributed by atoms with Gasteiger partial charge in [-0.05, 0) is 34.0 Å². The van der Waals surface area contributed by atoms with Gasteiger partial charge in [0.05, 0.1) is 7.11 Å². The quantitative estimate of drug-likeness (QED) is 0.467. The number of rotatable bonds is 8. The van der Waals surface area contributed by atoms with Gasteiger partial charge in [0.1, 0.15) is 11.9 Å². The summed E-state index contributed by atoms with van der Waals surface area (Å²) in [5.41, 5.74) is 1.08. The van der Waals surface area contributed by atoms with Gasteiger partial charge in [0.25, 0.3) is 0 Å². The summed E-state index contributed by atoms with van der Waals surface area (Å²) in [6.45, 7) is 4.04. The molecule has 1 aromatic carbocycles. The van der Waals surface area contributed by atoms with Crippen molar-refractivity contribution in [1.29, 1.82) is 0 Å². The molecule has 0 N–H and O–H groups in total. The maximum Gasteiger partial charge on any atom is 0.381 e. The normalized spacial score (nSPS) is 13.9. The molecule has 2 aromatic rings. The van der Waals surface area contributed by atoms with Crippen LogP contribution in [0.15, 0.2) is 30.5 Å². The van der Waals surface area contributed by atoms with Crippen LogP contribution in [0.5, 0.6) is 5.75 Å². The van der Waals surface area contributed by atoms with Gasteiger partial charge in [-0.25, -0.2) is 0 Å². The van der Waals surface area contributed by atoms with Crippen molar-refractivity contribution < 1.29 is 19.2 Å². The number of methoxy groups -OCH3 is 1. The molecule has 0 atom stereocenters. The first kappa shape index (κ1) is 22.3. The summed E-state index contributed by atoms with van der Waals surface area (Å²) in [5, 5.41) is 10.8. The molecule has 3 rings (SSSR count). The van der Waals surface area contributed by atoms with E-state index >= 15 is 0 Å². The zero-order valence-electron chi connectivity index (χ0n) is 17.8. The van der Waals surface area contributed by atoms with Crippen molar-refractivity contribution in [3.8, 4) is 5.75 Å². The van der Waals surface area contributed by atoms with Crippen molar-refractivity contribution in [2.75, 3.05) is 33.3 Å². The molecule has 1 saturated heterocycles. The molecule has 2 amide bonds. The minimum Gasteiger partial charge on any atom is -0.497 e. The SMILES string of the molecule is COc1ccc(CCC(=O)N2CCN(C(=O)CCn3cc([N+](=O)[O-])nc3C)CC2)cc1. The summed E-state index contributed by atoms with van der Waals surface area (Å²) in [6, 6.07) is 7.68. The fourth-order valence-corrected chi connectivity index (χ4v) is 3.59. The number of hydrogen-bond acceptors (Lipinski definition) is 6. The van der Waals surface area contributed by atoms with Gasteiger partial charge < -0.3 is 29.2 Å². The van der Waals surface area contributed by atoms with Crippen LogP contribution in [0.25, 0.3) is 0 Å². The highest BCUT2D eigenvalue weighted by Crippen LogP contribution is 2.15. The molecule has 0 saturated carbocycles. The Morgan fingerprint density at radius 1 is 1.06 bits per heavy atom. The van der Waals surface area contributed by atoms with Gasteiger partial charge in [-0.3, -0.25) is 9.59 Å². The average Bonchev–Trinajstić information content (AvgIpc) is 3.17. The molecule has 1 aromatic heterocycles. The van der Waals surface area contributed by atoms with E-state index in [0.29, 0.717) is 51.4 Å². The number of carbonyl (C=O) groups excluding carboxylic acids is 2. The summed E-state index contributed by atoms with van der Waals surface area (Å²) in [4.78, 5) is 42.7. The first-order chi connectivity index (χ1) is 14.9. The van der Waals surface area contributed by atoms with Crippen LogP contribution in [0.3, 0.4) is 0 Å². The highest BCUT2D eigenvalue weighted by molar-refractivity contribution is 5.78. The highest BCUT2D eigenvalue weighted by Gasteiger charge is 2.24. The Bertz CT molecular complexity index is 932. The number of nitro groups is 1. The Morgan fingerprint density at radius 3 is 2.16 bits per heavy atom. The van der Waals surface area contributed by atoms with E-state index in [1.54, 1.807) is 28.4 Å². The zero-order chi connectivity index (χ0) is 22.4. The second kappa shape index (κ2) is 10.1. The lowest BCUT2D eigenvalue weighted by atomic mass is 10.1.